The van der Waals surface area contributed by atoms with Gasteiger partial charge in [0, 0.05) is 24.4 Å². The second-order valence-electron chi connectivity index (χ2n) is 10.8. The Morgan fingerprint density at radius 1 is 1.25 bits per heavy atom. The Labute approximate surface area is 195 Å². The minimum absolute atomic E-state index is 0.127. The molecule has 2 aliphatic carbocycles. The summed E-state index contributed by atoms with van der Waals surface area (Å²) in [6, 6.07) is 8.28. The van der Waals surface area contributed by atoms with Gasteiger partial charge in [-0.25, -0.2) is 0 Å². The van der Waals surface area contributed by atoms with E-state index in [0.717, 1.165) is 44.6 Å². The highest BCUT2D eigenvalue weighted by Gasteiger charge is 2.43. The summed E-state index contributed by atoms with van der Waals surface area (Å²) in [6.07, 6.45) is 8.98. The first-order valence-corrected chi connectivity index (χ1v) is 12.2. The highest BCUT2D eigenvalue weighted by Crippen LogP contribution is 2.47. The van der Waals surface area contributed by atoms with Crippen molar-refractivity contribution in [2.75, 3.05) is 26.8 Å². The standard InChI is InChI=1S/C28H43NO3/c1-20-7-6-8-21(15-20)17-24(30)9-10-25-26-18-22(16-23(26)19-27(25)31)11-13-32-14-12-29(5)28(2,3)4/h6-10,15-16,23-27,30-31H,11-14,17-19H2,1-5H3/b10-9+/t23-,24+,25+,26-,27+/m0/s1. The van der Waals surface area contributed by atoms with Crippen molar-refractivity contribution < 1.29 is 14.9 Å². The third-order valence-electron chi connectivity index (χ3n) is 7.32. The van der Waals surface area contributed by atoms with Gasteiger partial charge in [0.25, 0.3) is 0 Å². The fourth-order valence-electron chi connectivity index (χ4n) is 5.04. The predicted octanol–water partition coefficient (Wildman–Crippen LogP) is 4.53. The van der Waals surface area contributed by atoms with Crippen LogP contribution in [0.2, 0.25) is 0 Å². The number of aliphatic hydroxyl groups is 2. The molecule has 0 spiro atoms. The minimum atomic E-state index is -0.517. The fraction of sp³-hybridized carbons (Fsp3) is 0.643. The van der Waals surface area contributed by atoms with Crippen molar-refractivity contribution in [1.82, 2.24) is 4.90 Å². The van der Waals surface area contributed by atoms with Gasteiger partial charge in [-0.2, -0.15) is 0 Å². The molecule has 1 saturated carbocycles. The maximum Gasteiger partial charge on any atom is 0.0761 e. The summed E-state index contributed by atoms with van der Waals surface area (Å²) in [5, 5.41) is 21.1. The maximum atomic E-state index is 10.6. The number of aryl methyl sites for hydroxylation is 1. The number of allylic oxidation sites excluding steroid dienone is 1. The van der Waals surface area contributed by atoms with E-state index in [1.807, 2.05) is 12.1 Å². The predicted molar refractivity (Wildman–Crippen MR) is 132 cm³/mol. The number of fused-ring (bicyclic) bond motifs is 1. The molecule has 1 fully saturated rings. The normalized spacial score (nSPS) is 26.7. The van der Waals surface area contributed by atoms with Crippen molar-refractivity contribution in [2.45, 2.75) is 71.1 Å². The van der Waals surface area contributed by atoms with Crippen LogP contribution in [0, 0.1) is 24.7 Å². The molecular formula is C28H43NO3. The topological polar surface area (TPSA) is 52.9 Å². The van der Waals surface area contributed by atoms with Crippen LogP contribution in [0.5, 0.6) is 0 Å². The molecule has 0 amide bonds. The van der Waals surface area contributed by atoms with Gasteiger partial charge >= 0.3 is 0 Å². The molecule has 3 rings (SSSR count). The maximum absolute atomic E-state index is 10.6. The lowest BCUT2D eigenvalue weighted by atomic mass is 9.88. The van der Waals surface area contributed by atoms with E-state index in [4.69, 9.17) is 4.74 Å². The van der Waals surface area contributed by atoms with E-state index in [-0.39, 0.29) is 17.6 Å². The van der Waals surface area contributed by atoms with Crippen LogP contribution in [0.3, 0.4) is 0 Å². The van der Waals surface area contributed by atoms with Crippen molar-refractivity contribution in [2.24, 2.45) is 17.8 Å². The Hall–Kier alpha value is -1.46. The van der Waals surface area contributed by atoms with Gasteiger partial charge in [-0.1, -0.05) is 53.6 Å². The molecule has 0 unspecified atom stereocenters. The molecule has 0 bridgehead atoms. The summed E-state index contributed by atoms with van der Waals surface area (Å²) in [7, 11) is 2.14. The van der Waals surface area contributed by atoms with Crippen LogP contribution >= 0.6 is 0 Å². The number of nitrogens with zero attached hydrogens (tertiary/aromatic N) is 1. The Kier molecular flexibility index (Phi) is 8.74. The Bertz CT molecular complexity index is 794. The van der Waals surface area contributed by atoms with Crippen LogP contribution in [0.25, 0.3) is 0 Å². The zero-order valence-corrected chi connectivity index (χ0v) is 20.6. The SMILES string of the molecule is Cc1cccc(C[C@H](O)/C=C/[C@@H]2[C@H]3CC(CCOCCN(C)C(C)(C)C)=C[C@H]3C[C@H]2O)c1. The molecule has 0 aliphatic heterocycles. The molecule has 0 aromatic heterocycles. The van der Waals surface area contributed by atoms with Crippen LogP contribution < -0.4 is 0 Å². The molecule has 178 valence electrons. The fourth-order valence-corrected chi connectivity index (χ4v) is 5.04. The number of aliphatic hydroxyl groups excluding tert-OH is 2. The van der Waals surface area contributed by atoms with Crippen molar-refractivity contribution in [3.8, 4) is 0 Å². The quantitative estimate of drug-likeness (QED) is 0.414. The number of likely N-dealkylation sites (N-methyl/N-ethyl adjacent to an activating group) is 1. The number of hydrogen-bond acceptors (Lipinski definition) is 4. The van der Waals surface area contributed by atoms with Crippen molar-refractivity contribution in [3.63, 3.8) is 0 Å². The second kappa shape index (κ2) is 11.1. The van der Waals surface area contributed by atoms with Gasteiger partial charge in [-0.05, 0) is 71.4 Å². The van der Waals surface area contributed by atoms with Crippen LogP contribution in [-0.4, -0.2) is 59.7 Å². The van der Waals surface area contributed by atoms with E-state index in [2.05, 4.69) is 70.0 Å². The number of benzene rings is 1. The third kappa shape index (κ3) is 7.02. The molecule has 2 N–H and O–H groups in total. The molecule has 2 aliphatic rings. The van der Waals surface area contributed by atoms with E-state index >= 15 is 0 Å². The smallest absolute Gasteiger partial charge is 0.0761 e. The molecule has 32 heavy (non-hydrogen) atoms. The van der Waals surface area contributed by atoms with E-state index in [1.165, 1.54) is 11.1 Å². The molecule has 5 atom stereocenters. The van der Waals surface area contributed by atoms with Crippen LogP contribution in [-0.2, 0) is 11.2 Å². The van der Waals surface area contributed by atoms with Gasteiger partial charge in [0.1, 0.15) is 0 Å². The molecule has 0 heterocycles. The van der Waals surface area contributed by atoms with Crippen LogP contribution in [0.4, 0.5) is 0 Å². The Morgan fingerprint density at radius 3 is 2.75 bits per heavy atom. The van der Waals surface area contributed by atoms with Gasteiger partial charge in [-0.15, -0.1) is 0 Å². The number of ether oxygens (including phenoxy) is 1. The van der Waals surface area contributed by atoms with Crippen molar-refractivity contribution >= 4 is 0 Å². The largest absolute Gasteiger partial charge is 0.392 e. The molecule has 4 heteroatoms. The van der Waals surface area contributed by atoms with E-state index < -0.39 is 6.10 Å². The lowest BCUT2D eigenvalue weighted by molar-refractivity contribution is 0.0820. The third-order valence-corrected chi connectivity index (χ3v) is 7.32. The average Bonchev–Trinajstić information content (AvgIpc) is 3.21. The highest BCUT2D eigenvalue weighted by molar-refractivity contribution is 5.24. The first kappa shape index (κ1) is 25.2. The highest BCUT2D eigenvalue weighted by atomic mass is 16.5. The van der Waals surface area contributed by atoms with Crippen LogP contribution in [0.1, 0.15) is 51.2 Å². The van der Waals surface area contributed by atoms with E-state index in [1.54, 1.807) is 0 Å². The lowest BCUT2D eigenvalue weighted by Crippen LogP contribution is -2.40. The van der Waals surface area contributed by atoms with Gasteiger partial charge in [-0.3, -0.25) is 4.90 Å². The van der Waals surface area contributed by atoms with Crippen LogP contribution in [0.15, 0.2) is 48.1 Å². The van der Waals surface area contributed by atoms with Crippen molar-refractivity contribution in [1.29, 1.82) is 0 Å². The summed E-state index contributed by atoms with van der Waals surface area (Å²) < 4.78 is 5.90. The summed E-state index contributed by atoms with van der Waals surface area (Å²) in [4.78, 5) is 2.32. The molecule has 0 saturated heterocycles. The summed E-state index contributed by atoms with van der Waals surface area (Å²) in [5.74, 6) is 1.03. The van der Waals surface area contributed by atoms with Gasteiger partial charge in [0.05, 0.1) is 25.4 Å². The van der Waals surface area contributed by atoms with E-state index in [0.29, 0.717) is 18.3 Å². The number of rotatable bonds is 10. The molecule has 1 aromatic rings. The molecular weight excluding hydrogens is 398 g/mol. The number of hydrogen-bond donors (Lipinski definition) is 2. The summed E-state index contributed by atoms with van der Waals surface area (Å²) in [6.45, 7) is 11.2. The Morgan fingerprint density at radius 2 is 2.03 bits per heavy atom. The summed E-state index contributed by atoms with van der Waals surface area (Å²) >= 11 is 0. The first-order chi connectivity index (χ1) is 15.1. The Balaban J connectivity index is 1.43. The first-order valence-electron chi connectivity index (χ1n) is 12.2. The van der Waals surface area contributed by atoms with Gasteiger partial charge in [0.2, 0.25) is 0 Å². The summed E-state index contributed by atoms with van der Waals surface area (Å²) in [5.41, 5.74) is 3.99. The molecule has 0 radical (unpaired) electrons. The minimum Gasteiger partial charge on any atom is -0.392 e. The molecule has 4 nitrogen and oxygen atoms in total. The zero-order chi connectivity index (χ0) is 23.3. The van der Waals surface area contributed by atoms with Crippen molar-refractivity contribution in [3.05, 3.63) is 59.2 Å². The monoisotopic (exact) mass is 441 g/mol. The van der Waals surface area contributed by atoms with Gasteiger partial charge < -0.3 is 14.9 Å². The van der Waals surface area contributed by atoms with E-state index in [9.17, 15) is 10.2 Å². The van der Waals surface area contributed by atoms with Gasteiger partial charge in [0.15, 0.2) is 0 Å². The average molecular weight is 442 g/mol. The zero-order valence-electron chi connectivity index (χ0n) is 20.6. The molecule has 1 aromatic carbocycles. The second-order valence-corrected chi connectivity index (χ2v) is 10.8. The lowest BCUT2D eigenvalue weighted by Gasteiger charge is -2.31.